The van der Waals surface area contributed by atoms with Crippen molar-refractivity contribution < 1.29 is 22.4 Å². The molecule has 1 unspecified atom stereocenters. The molecule has 148 valence electrons. The highest BCUT2D eigenvalue weighted by atomic mass is 35.5. The zero-order valence-corrected chi connectivity index (χ0v) is 16.8. The van der Waals surface area contributed by atoms with Crippen molar-refractivity contribution in [2.45, 2.75) is 31.0 Å². The van der Waals surface area contributed by atoms with E-state index in [2.05, 4.69) is 5.32 Å². The molecule has 1 heterocycles. The van der Waals surface area contributed by atoms with Gasteiger partial charge in [-0.3, -0.25) is 4.90 Å². The number of carbonyl (C=O) groups is 1. The third-order valence-corrected chi connectivity index (χ3v) is 5.18. The van der Waals surface area contributed by atoms with Crippen molar-refractivity contribution in [2.24, 2.45) is 5.14 Å². The largest absolute Gasteiger partial charge is 0.467 e. The van der Waals surface area contributed by atoms with Crippen LogP contribution in [0.3, 0.4) is 0 Å². The summed E-state index contributed by atoms with van der Waals surface area (Å²) in [6.07, 6.45) is 1.61. The summed E-state index contributed by atoms with van der Waals surface area (Å²) in [5.74, 6) is -0.0697. The maximum atomic E-state index is 12.7. The van der Waals surface area contributed by atoms with Crippen LogP contribution in [0.1, 0.15) is 29.5 Å². The molecule has 0 saturated heterocycles. The molecule has 3 N–H and O–H groups in total. The highest BCUT2D eigenvalue weighted by Gasteiger charge is 2.24. The molecular weight excluding hydrogens is 394 g/mol. The van der Waals surface area contributed by atoms with Gasteiger partial charge in [-0.2, -0.15) is 0 Å². The number of nitrogens with zero attached hydrogens (tertiary/aromatic N) is 1. The zero-order chi connectivity index (χ0) is 20.2. The zero-order valence-electron chi connectivity index (χ0n) is 15.2. The summed E-state index contributed by atoms with van der Waals surface area (Å²) in [5, 5.41) is 8.10. The number of hydrogen-bond donors (Lipinski definition) is 2. The van der Waals surface area contributed by atoms with E-state index in [4.69, 9.17) is 25.9 Å². The van der Waals surface area contributed by atoms with Gasteiger partial charge in [0, 0.05) is 0 Å². The van der Waals surface area contributed by atoms with Gasteiger partial charge in [0.05, 0.1) is 29.1 Å². The molecule has 27 heavy (non-hydrogen) atoms. The van der Waals surface area contributed by atoms with E-state index in [1.807, 2.05) is 6.92 Å². The second kappa shape index (κ2) is 8.75. The minimum Gasteiger partial charge on any atom is -0.467 e. The van der Waals surface area contributed by atoms with Crippen molar-refractivity contribution in [3.05, 3.63) is 46.9 Å². The lowest BCUT2D eigenvalue weighted by Gasteiger charge is -2.23. The number of nitrogens with two attached hydrogens (primary N) is 1. The van der Waals surface area contributed by atoms with Gasteiger partial charge in [0.2, 0.25) is 10.0 Å². The molecule has 0 amide bonds. The van der Waals surface area contributed by atoms with Crippen LogP contribution in [-0.4, -0.2) is 39.6 Å². The van der Waals surface area contributed by atoms with Gasteiger partial charge >= 0.3 is 5.97 Å². The van der Waals surface area contributed by atoms with Crippen LogP contribution in [0.5, 0.6) is 0 Å². The molecule has 0 aliphatic heterocycles. The molecule has 0 saturated carbocycles. The van der Waals surface area contributed by atoms with Crippen LogP contribution >= 0.6 is 11.6 Å². The first kappa shape index (κ1) is 21.2. The van der Waals surface area contributed by atoms with Crippen molar-refractivity contribution >= 4 is 33.3 Å². The van der Waals surface area contributed by atoms with Crippen molar-refractivity contribution in [2.75, 3.05) is 19.4 Å². The highest BCUT2D eigenvalue weighted by Crippen LogP contribution is 2.29. The predicted molar refractivity (Wildman–Crippen MR) is 102 cm³/mol. The Morgan fingerprint density at radius 2 is 2.11 bits per heavy atom. The molecule has 10 heteroatoms. The summed E-state index contributed by atoms with van der Waals surface area (Å²) in [7, 11) is -0.565. The van der Waals surface area contributed by atoms with Gasteiger partial charge in [-0.1, -0.05) is 18.5 Å². The normalized spacial score (nSPS) is 12.8. The van der Waals surface area contributed by atoms with Crippen LogP contribution in [0.25, 0.3) is 0 Å². The minimum atomic E-state index is -4.11. The molecule has 0 spiro atoms. The van der Waals surface area contributed by atoms with Crippen LogP contribution in [0.2, 0.25) is 5.02 Å². The minimum absolute atomic E-state index is 0.00952. The van der Waals surface area contributed by atoms with Crippen molar-refractivity contribution in [3.63, 3.8) is 0 Å². The molecule has 2 aromatic rings. The number of nitrogens with one attached hydrogen (secondary N) is 1. The number of ether oxygens (including phenoxy) is 1. The van der Waals surface area contributed by atoms with E-state index in [1.165, 1.54) is 12.3 Å². The molecular formula is C17H22ClN3O5S. The summed E-state index contributed by atoms with van der Waals surface area (Å²) in [5.41, 5.74) is 0.317. The molecule has 0 fully saturated rings. The number of rotatable bonds is 8. The van der Waals surface area contributed by atoms with E-state index in [-0.39, 0.29) is 22.0 Å². The fourth-order valence-electron chi connectivity index (χ4n) is 2.42. The van der Waals surface area contributed by atoms with Crippen molar-refractivity contribution in [3.8, 4) is 0 Å². The Hall–Kier alpha value is -2.07. The molecule has 0 bridgehead atoms. The topological polar surface area (TPSA) is 115 Å². The monoisotopic (exact) mass is 415 g/mol. The lowest BCUT2D eigenvalue weighted by molar-refractivity contribution is -0.0155. The molecule has 0 radical (unpaired) electrons. The Kier molecular flexibility index (Phi) is 6.88. The van der Waals surface area contributed by atoms with Gasteiger partial charge < -0.3 is 14.5 Å². The van der Waals surface area contributed by atoms with Gasteiger partial charge in [-0.15, -0.1) is 0 Å². The van der Waals surface area contributed by atoms with E-state index < -0.39 is 22.2 Å². The third-order valence-electron chi connectivity index (χ3n) is 3.80. The van der Waals surface area contributed by atoms with Crippen molar-refractivity contribution in [1.82, 2.24) is 4.90 Å². The SMILES string of the molecule is CCC(OC(=O)c1cc(S(N)(=O)=O)c(Cl)cc1NCc1ccco1)N(C)C. The van der Waals surface area contributed by atoms with E-state index in [0.717, 1.165) is 6.07 Å². The molecule has 2 rings (SSSR count). The number of hydrogen-bond acceptors (Lipinski definition) is 7. The van der Waals surface area contributed by atoms with Crippen LogP contribution in [0, 0.1) is 0 Å². The summed E-state index contributed by atoms with van der Waals surface area (Å²) >= 11 is 6.05. The number of benzene rings is 1. The Balaban J connectivity index is 2.41. The standard InChI is InChI=1S/C17H22ClN3O5S/c1-4-16(21(2)3)26-17(22)12-8-15(27(19,23)24)13(18)9-14(12)20-10-11-6-5-7-25-11/h5-9,16,20H,4,10H2,1-3H3,(H2,19,23,24). The van der Waals surface area contributed by atoms with Gasteiger partial charge in [-0.05, 0) is 44.8 Å². The highest BCUT2D eigenvalue weighted by molar-refractivity contribution is 7.89. The fourth-order valence-corrected chi connectivity index (χ4v) is 3.52. The predicted octanol–water partition coefficient (Wildman–Crippen LogP) is 2.65. The third kappa shape index (κ3) is 5.46. The van der Waals surface area contributed by atoms with E-state index in [1.54, 1.807) is 31.1 Å². The molecule has 0 aliphatic carbocycles. The fraction of sp³-hybridized carbons (Fsp3) is 0.353. The first-order valence-corrected chi connectivity index (χ1v) is 10.1. The number of sulfonamides is 1. The van der Waals surface area contributed by atoms with Crippen LogP contribution in [-0.2, 0) is 21.3 Å². The summed E-state index contributed by atoms with van der Waals surface area (Å²) < 4.78 is 34.3. The van der Waals surface area contributed by atoms with Gasteiger partial charge in [-0.25, -0.2) is 18.4 Å². The lowest BCUT2D eigenvalue weighted by Crippen LogP contribution is -2.32. The first-order chi connectivity index (χ1) is 12.6. The number of primary sulfonamides is 1. The quantitative estimate of drug-likeness (QED) is 0.503. The molecule has 8 nitrogen and oxygen atoms in total. The summed E-state index contributed by atoms with van der Waals surface area (Å²) in [6.45, 7) is 2.13. The van der Waals surface area contributed by atoms with Gasteiger partial charge in [0.25, 0.3) is 0 Å². The molecule has 1 aromatic heterocycles. The second-order valence-corrected chi connectivity index (χ2v) is 7.98. The number of furan rings is 1. The van der Waals surface area contributed by atoms with Gasteiger partial charge in [0.1, 0.15) is 10.7 Å². The Morgan fingerprint density at radius 1 is 1.41 bits per heavy atom. The van der Waals surface area contributed by atoms with Crippen LogP contribution in [0.15, 0.2) is 39.8 Å². The smallest absolute Gasteiger partial charge is 0.341 e. The van der Waals surface area contributed by atoms with Gasteiger partial charge in [0.15, 0.2) is 6.23 Å². The summed E-state index contributed by atoms with van der Waals surface area (Å²) in [6, 6.07) is 5.93. The van der Waals surface area contributed by atoms with Crippen LogP contribution in [0.4, 0.5) is 5.69 Å². The first-order valence-electron chi connectivity index (χ1n) is 8.13. The number of carbonyl (C=O) groups excluding carboxylic acids is 1. The lowest BCUT2D eigenvalue weighted by atomic mass is 10.1. The number of esters is 1. The Labute approximate surface area is 163 Å². The molecule has 1 atom stereocenters. The average molecular weight is 416 g/mol. The number of anilines is 1. The van der Waals surface area contributed by atoms with E-state index >= 15 is 0 Å². The Morgan fingerprint density at radius 3 is 2.63 bits per heavy atom. The maximum absolute atomic E-state index is 12.7. The van der Waals surface area contributed by atoms with E-state index in [0.29, 0.717) is 17.9 Å². The summed E-state index contributed by atoms with van der Waals surface area (Å²) in [4.78, 5) is 14.1. The van der Waals surface area contributed by atoms with Crippen LogP contribution < -0.4 is 10.5 Å². The van der Waals surface area contributed by atoms with Crippen molar-refractivity contribution in [1.29, 1.82) is 0 Å². The second-order valence-electron chi connectivity index (χ2n) is 6.04. The maximum Gasteiger partial charge on any atom is 0.341 e. The van der Waals surface area contributed by atoms with E-state index in [9.17, 15) is 13.2 Å². The Bertz CT molecular complexity index is 898. The molecule has 0 aliphatic rings. The number of halogens is 1. The molecule has 1 aromatic carbocycles. The average Bonchev–Trinajstić information content (AvgIpc) is 3.09.